The minimum Gasteiger partial charge on any atom is -0.454 e. The van der Waals surface area contributed by atoms with Gasteiger partial charge in [0.25, 0.3) is 0 Å². The van der Waals surface area contributed by atoms with E-state index in [0.717, 1.165) is 33.4 Å². The fraction of sp³-hybridized carbons (Fsp3) is 0.348. The molecule has 7 rings (SSSR count). The van der Waals surface area contributed by atoms with Gasteiger partial charge < -0.3 is 34.9 Å². The lowest BCUT2D eigenvalue weighted by Gasteiger charge is -2.37. The number of hydrogen-bond acceptors (Lipinski definition) is 8. The highest BCUT2D eigenvalue weighted by molar-refractivity contribution is 5.87. The van der Waals surface area contributed by atoms with E-state index in [1.54, 1.807) is 17.0 Å². The predicted molar refractivity (Wildman–Crippen MR) is 214 cm³/mol. The average Bonchev–Trinajstić information content (AvgIpc) is 3.56. The monoisotopic (exact) mass is 771 g/mol. The third-order valence-electron chi connectivity index (χ3n) is 11.2. The van der Waals surface area contributed by atoms with E-state index in [-0.39, 0.29) is 50.9 Å². The summed E-state index contributed by atoms with van der Waals surface area (Å²) in [5.41, 5.74) is 7.09. The second kappa shape index (κ2) is 18.4. The molecule has 2 aliphatic heterocycles. The van der Waals surface area contributed by atoms with Crippen LogP contribution in [0.5, 0.6) is 0 Å². The summed E-state index contributed by atoms with van der Waals surface area (Å²) in [7, 11) is 1.49. The average molecular weight is 772 g/mol. The molecule has 0 spiro atoms. The Morgan fingerprint density at radius 2 is 1.53 bits per heavy atom. The third kappa shape index (κ3) is 9.11. The van der Waals surface area contributed by atoms with E-state index >= 15 is 0 Å². The second-order valence-corrected chi connectivity index (χ2v) is 14.9. The van der Waals surface area contributed by atoms with Gasteiger partial charge in [-0.25, -0.2) is 9.59 Å². The van der Waals surface area contributed by atoms with Gasteiger partial charge in [0.15, 0.2) is 0 Å². The number of hydrogen-bond donors (Lipinski definition) is 3. The maximum atomic E-state index is 14.1. The fourth-order valence-corrected chi connectivity index (χ4v) is 8.24. The Bertz CT molecular complexity index is 2040. The van der Waals surface area contributed by atoms with Gasteiger partial charge in [-0.3, -0.25) is 9.59 Å². The molecule has 57 heavy (non-hydrogen) atoms. The van der Waals surface area contributed by atoms with E-state index in [0.29, 0.717) is 24.9 Å². The summed E-state index contributed by atoms with van der Waals surface area (Å²) < 4.78 is 17.5. The Labute approximate surface area is 333 Å². The number of methoxy groups -OCH3 is 1. The zero-order valence-corrected chi connectivity index (χ0v) is 32.0. The summed E-state index contributed by atoms with van der Waals surface area (Å²) in [6, 6.07) is 30.7. The molecule has 5 atom stereocenters. The largest absolute Gasteiger partial charge is 0.454 e. The lowest BCUT2D eigenvalue weighted by molar-refractivity contribution is -0.155. The number of fused-ring (bicyclic) bond motifs is 4. The van der Waals surface area contributed by atoms with Crippen LogP contribution in [-0.2, 0) is 41.6 Å². The van der Waals surface area contributed by atoms with Gasteiger partial charge in [0.05, 0.1) is 31.2 Å². The van der Waals surface area contributed by atoms with E-state index < -0.39 is 48.1 Å². The number of benzene rings is 4. The molecule has 11 nitrogen and oxygen atoms in total. The lowest BCUT2D eigenvalue weighted by atomic mass is 9.92. The molecule has 0 saturated heterocycles. The molecule has 11 heteroatoms. The van der Waals surface area contributed by atoms with Crippen LogP contribution in [-0.4, -0.2) is 78.9 Å². The van der Waals surface area contributed by atoms with Crippen molar-refractivity contribution in [1.82, 2.24) is 15.5 Å². The first kappa shape index (κ1) is 39.5. The van der Waals surface area contributed by atoms with E-state index in [1.165, 1.54) is 7.11 Å². The molecule has 4 aromatic carbocycles. The maximum absolute atomic E-state index is 14.1. The number of amides is 3. The molecule has 0 radical (unpaired) electrons. The van der Waals surface area contributed by atoms with Gasteiger partial charge in [-0.15, -0.1) is 0 Å². The summed E-state index contributed by atoms with van der Waals surface area (Å²) in [5.74, 6) is -2.22. The number of rotatable bonds is 9. The minimum atomic E-state index is -1.06. The molecule has 3 aliphatic rings. The van der Waals surface area contributed by atoms with Crippen molar-refractivity contribution in [2.24, 2.45) is 5.92 Å². The van der Waals surface area contributed by atoms with Crippen LogP contribution >= 0.6 is 0 Å². The number of carbonyl (C=O) groups excluding carboxylic acids is 4. The number of aliphatic hydroxyl groups is 1. The van der Waals surface area contributed by atoms with Crippen LogP contribution in [0.15, 0.2) is 115 Å². The summed E-state index contributed by atoms with van der Waals surface area (Å²) >= 11 is 0. The number of aliphatic hydroxyl groups excluding tert-OH is 1. The first-order valence-corrected chi connectivity index (χ1v) is 19.6. The number of nitrogens with one attached hydrogen (secondary N) is 2. The number of alkyl carbamates (subject to hydrolysis) is 1. The number of esters is 1. The van der Waals surface area contributed by atoms with Crippen molar-refractivity contribution >= 4 is 23.9 Å². The first-order chi connectivity index (χ1) is 27.8. The molecule has 0 fully saturated rings. The molecule has 3 N–H and O–H groups in total. The van der Waals surface area contributed by atoms with Crippen molar-refractivity contribution in [3.8, 4) is 11.1 Å². The molecule has 3 amide bonds. The molecule has 1 aliphatic carbocycles. The van der Waals surface area contributed by atoms with Crippen molar-refractivity contribution in [2.45, 2.75) is 68.8 Å². The van der Waals surface area contributed by atoms with E-state index in [2.05, 4.69) is 22.8 Å². The quantitative estimate of drug-likeness (QED) is 0.139. The molecule has 0 unspecified atom stereocenters. The minimum absolute atomic E-state index is 0.00490. The molecule has 0 bridgehead atoms. The summed E-state index contributed by atoms with van der Waals surface area (Å²) in [4.78, 5) is 57.2. The molecule has 296 valence electrons. The van der Waals surface area contributed by atoms with Crippen LogP contribution in [0.3, 0.4) is 0 Å². The Hall–Kier alpha value is -5.78. The summed E-state index contributed by atoms with van der Waals surface area (Å²) in [6.45, 7) is 0.233. The number of ether oxygens (including phenoxy) is 3. The topological polar surface area (TPSA) is 144 Å². The van der Waals surface area contributed by atoms with Crippen LogP contribution in [0, 0.1) is 5.92 Å². The molecular formula is C46H49N3O8. The first-order valence-electron chi connectivity index (χ1n) is 19.6. The maximum Gasteiger partial charge on any atom is 0.407 e. The lowest BCUT2D eigenvalue weighted by Crippen LogP contribution is -2.50. The van der Waals surface area contributed by atoms with Crippen LogP contribution in [0.1, 0.15) is 65.5 Å². The molecule has 4 aromatic rings. The molecule has 0 saturated carbocycles. The summed E-state index contributed by atoms with van der Waals surface area (Å²) in [6.07, 6.45) is 3.21. The van der Waals surface area contributed by atoms with Gasteiger partial charge in [-0.2, -0.15) is 0 Å². The van der Waals surface area contributed by atoms with Crippen LogP contribution in [0.25, 0.3) is 11.1 Å². The Morgan fingerprint density at radius 1 is 0.860 bits per heavy atom. The third-order valence-corrected chi connectivity index (χ3v) is 11.2. The van der Waals surface area contributed by atoms with Crippen LogP contribution < -0.4 is 10.6 Å². The Balaban J connectivity index is 1.09. The second-order valence-electron chi connectivity index (χ2n) is 14.9. The molecule has 2 heterocycles. The summed E-state index contributed by atoms with van der Waals surface area (Å²) in [5, 5.41) is 16.0. The van der Waals surface area contributed by atoms with Gasteiger partial charge in [-0.05, 0) is 64.6 Å². The Morgan fingerprint density at radius 3 is 2.23 bits per heavy atom. The Kier molecular flexibility index (Phi) is 12.8. The van der Waals surface area contributed by atoms with Crippen molar-refractivity contribution in [1.29, 1.82) is 0 Å². The van der Waals surface area contributed by atoms with Gasteiger partial charge in [0, 0.05) is 26.0 Å². The molecule has 0 aromatic heterocycles. The van der Waals surface area contributed by atoms with Gasteiger partial charge in [-0.1, -0.05) is 115 Å². The van der Waals surface area contributed by atoms with E-state index in [4.69, 9.17) is 14.2 Å². The normalized spacial score (nSPS) is 22.4. The van der Waals surface area contributed by atoms with E-state index in [1.807, 2.05) is 91.0 Å². The highest BCUT2D eigenvalue weighted by Crippen LogP contribution is 2.44. The SMILES string of the molecule is COC[C@@H]1NC(=O)[C@@H](CC(=O)N2Cc3ccccc3C[C@H]2CO)CC=CCC[C@H](NC(=O)OCC2c3ccccc3-c3ccccc32)C(=O)O[C@H]1c1ccccc1. The van der Waals surface area contributed by atoms with Crippen LogP contribution in [0.4, 0.5) is 4.79 Å². The van der Waals surface area contributed by atoms with Crippen LogP contribution in [0.2, 0.25) is 0 Å². The standard InChI is InChI=1S/C46H49N3O8/c1-55-29-41-43(30-14-4-2-5-15-30)57-45(53)40(48-46(54)56-28-39-37-21-12-10-19-35(37)36-20-11-13-22-38(36)39)23-7-3-6-17-32(44(52)47-41)25-42(51)49-26-33-18-9-8-16-31(33)24-34(49)27-50/h2-6,8-16,18-22,32,34,39-41,43,50H,7,17,23-29H2,1H3,(H,47,52)(H,48,54)/t32-,34+,40+,41+,43+/m1/s1. The highest BCUT2D eigenvalue weighted by atomic mass is 16.6. The van der Waals surface area contributed by atoms with Gasteiger partial charge in [0.1, 0.15) is 18.8 Å². The fourth-order valence-electron chi connectivity index (χ4n) is 8.24. The van der Waals surface area contributed by atoms with Crippen molar-refractivity contribution < 1.29 is 38.5 Å². The van der Waals surface area contributed by atoms with E-state index in [9.17, 15) is 24.3 Å². The number of allylic oxidation sites excluding steroid dienone is 2. The predicted octanol–water partition coefficient (Wildman–Crippen LogP) is 6.00. The number of cyclic esters (lactones) is 1. The van der Waals surface area contributed by atoms with Crippen molar-refractivity contribution in [3.63, 3.8) is 0 Å². The zero-order chi connectivity index (χ0) is 39.7. The van der Waals surface area contributed by atoms with Gasteiger partial charge in [0.2, 0.25) is 11.8 Å². The smallest absolute Gasteiger partial charge is 0.407 e. The number of carbonyl (C=O) groups is 4. The van der Waals surface area contributed by atoms with Gasteiger partial charge >= 0.3 is 12.1 Å². The molecular weight excluding hydrogens is 723 g/mol. The van der Waals surface area contributed by atoms with Crippen molar-refractivity contribution in [2.75, 3.05) is 26.9 Å². The van der Waals surface area contributed by atoms with Crippen molar-refractivity contribution in [3.05, 3.63) is 143 Å². The highest BCUT2D eigenvalue weighted by Gasteiger charge is 2.37. The number of nitrogens with zero attached hydrogens (tertiary/aromatic N) is 1. The zero-order valence-electron chi connectivity index (χ0n) is 32.0.